The second-order valence-corrected chi connectivity index (χ2v) is 11.4. The molecule has 1 fully saturated rings. The van der Waals surface area contributed by atoms with Crippen LogP contribution < -0.4 is 19.5 Å². The highest BCUT2D eigenvalue weighted by molar-refractivity contribution is 5.88. The highest BCUT2D eigenvalue weighted by Gasteiger charge is 2.27. The van der Waals surface area contributed by atoms with Crippen molar-refractivity contribution < 1.29 is 23.4 Å². The zero-order chi connectivity index (χ0) is 29.3. The lowest BCUT2D eigenvalue weighted by molar-refractivity contribution is 0.120. The standard InChI is InChI=1S/C33H38FN3O4/c1-21-7-8-23(34)17-29(21)40-20-27-25(11-12-28-31(27)22(2)19-33(3,4)35-28)26-10-9-24(18-30(26)39-6)41-32(38)37-15-13-36(5)14-16-37/h7-12,17-19,35H,13-16,20H2,1-6H3. The topological polar surface area (TPSA) is 63.3 Å². The average molecular weight is 560 g/mol. The average Bonchev–Trinajstić information content (AvgIpc) is 2.93. The van der Waals surface area contributed by atoms with Gasteiger partial charge in [-0.15, -0.1) is 0 Å². The van der Waals surface area contributed by atoms with E-state index < -0.39 is 0 Å². The maximum atomic E-state index is 14.0. The number of likely N-dealkylation sites (N-methyl/N-ethyl adjacent to an activating group) is 1. The van der Waals surface area contributed by atoms with E-state index in [2.05, 4.69) is 43.1 Å². The van der Waals surface area contributed by atoms with E-state index in [1.165, 1.54) is 12.1 Å². The third-order valence-electron chi connectivity index (χ3n) is 7.69. The first-order chi connectivity index (χ1) is 19.5. The molecule has 0 unspecified atom stereocenters. The molecule has 2 heterocycles. The first kappa shape index (κ1) is 28.5. The maximum absolute atomic E-state index is 14.0. The number of benzene rings is 3. The summed E-state index contributed by atoms with van der Waals surface area (Å²) < 4.78 is 31.8. The molecule has 8 heteroatoms. The molecule has 7 nitrogen and oxygen atoms in total. The number of halogens is 1. The van der Waals surface area contributed by atoms with Crippen LogP contribution in [-0.4, -0.2) is 61.8 Å². The Balaban J connectivity index is 1.51. The fourth-order valence-electron chi connectivity index (χ4n) is 5.59. The number of aryl methyl sites for hydroxylation is 1. The third-order valence-corrected chi connectivity index (χ3v) is 7.69. The molecule has 3 aromatic carbocycles. The van der Waals surface area contributed by atoms with Crippen molar-refractivity contribution in [3.63, 3.8) is 0 Å². The second-order valence-electron chi connectivity index (χ2n) is 11.4. The van der Waals surface area contributed by atoms with Gasteiger partial charge < -0.3 is 29.3 Å². The van der Waals surface area contributed by atoms with Crippen molar-refractivity contribution in [2.45, 2.75) is 39.8 Å². The minimum atomic E-state index is -0.365. The molecule has 0 atom stereocenters. The Labute approximate surface area is 241 Å². The molecule has 216 valence electrons. The quantitative estimate of drug-likeness (QED) is 0.361. The molecule has 0 saturated carbocycles. The molecule has 2 aliphatic rings. The molecule has 1 N–H and O–H groups in total. The monoisotopic (exact) mass is 559 g/mol. The van der Waals surface area contributed by atoms with Gasteiger partial charge in [0.25, 0.3) is 0 Å². The summed E-state index contributed by atoms with van der Waals surface area (Å²) in [7, 11) is 3.64. The van der Waals surface area contributed by atoms with Gasteiger partial charge in [0.15, 0.2) is 0 Å². The number of nitrogens with zero attached hydrogens (tertiary/aromatic N) is 2. The van der Waals surface area contributed by atoms with E-state index in [0.29, 0.717) is 30.3 Å². The number of anilines is 1. The number of hydrogen-bond donors (Lipinski definition) is 1. The van der Waals surface area contributed by atoms with Crippen LogP contribution >= 0.6 is 0 Å². The number of fused-ring (bicyclic) bond motifs is 1. The smallest absolute Gasteiger partial charge is 0.415 e. The van der Waals surface area contributed by atoms with E-state index in [9.17, 15) is 9.18 Å². The highest BCUT2D eigenvalue weighted by Crippen LogP contribution is 2.43. The fourth-order valence-corrected chi connectivity index (χ4v) is 5.59. The molecule has 0 bridgehead atoms. The maximum Gasteiger partial charge on any atom is 0.415 e. The Bertz CT molecular complexity index is 1490. The largest absolute Gasteiger partial charge is 0.496 e. The van der Waals surface area contributed by atoms with Crippen LogP contribution in [0.1, 0.15) is 37.5 Å². The summed E-state index contributed by atoms with van der Waals surface area (Å²) in [5.74, 6) is 1.14. The van der Waals surface area contributed by atoms with Gasteiger partial charge in [0.1, 0.15) is 29.7 Å². The molecular formula is C33H38FN3O4. The zero-order valence-corrected chi connectivity index (χ0v) is 24.6. The lowest BCUT2D eigenvalue weighted by atomic mass is 9.85. The Hall–Kier alpha value is -4.04. The van der Waals surface area contributed by atoms with Gasteiger partial charge in [-0.25, -0.2) is 9.18 Å². The predicted molar refractivity (Wildman–Crippen MR) is 160 cm³/mol. The molecule has 0 aliphatic carbocycles. The van der Waals surface area contributed by atoms with Gasteiger partial charge in [-0.3, -0.25) is 0 Å². The highest BCUT2D eigenvalue weighted by atomic mass is 19.1. The van der Waals surface area contributed by atoms with Gasteiger partial charge in [-0.2, -0.15) is 0 Å². The number of piperazine rings is 1. The number of carbonyl (C=O) groups excluding carboxylic acids is 1. The predicted octanol–water partition coefficient (Wildman–Crippen LogP) is 6.74. The Morgan fingerprint density at radius 3 is 2.44 bits per heavy atom. The molecule has 3 aromatic rings. The first-order valence-corrected chi connectivity index (χ1v) is 13.9. The molecule has 1 amide bonds. The summed E-state index contributed by atoms with van der Waals surface area (Å²) in [6, 6.07) is 14.1. The van der Waals surface area contributed by atoms with Gasteiger partial charge in [0.2, 0.25) is 0 Å². The molecule has 2 aliphatic heterocycles. The number of methoxy groups -OCH3 is 1. The van der Waals surface area contributed by atoms with Crippen LogP contribution in [-0.2, 0) is 6.61 Å². The van der Waals surface area contributed by atoms with Crippen molar-refractivity contribution in [3.8, 4) is 28.4 Å². The molecule has 41 heavy (non-hydrogen) atoms. The minimum Gasteiger partial charge on any atom is -0.496 e. The van der Waals surface area contributed by atoms with E-state index in [1.54, 1.807) is 30.2 Å². The van der Waals surface area contributed by atoms with Crippen LogP contribution in [0, 0.1) is 12.7 Å². The van der Waals surface area contributed by atoms with Crippen LogP contribution in [0.4, 0.5) is 14.9 Å². The Morgan fingerprint density at radius 2 is 1.71 bits per heavy atom. The molecule has 5 rings (SSSR count). The zero-order valence-electron chi connectivity index (χ0n) is 24.6. The van der Waals surface area contributed by atoms with Crippen molar-refractivity contribution in [1.29, 1.82) is 0 Å². The molecule has 0 spiro atoms. The minimum absolute atomic E-state index is 0.205. The summed E-state index contributed by atoms with van der Waals surface area (Å²) in [5.41, 5.74) is 6.52. The molecule has 0 radical (unpaired) electrons. The normalized spacial score (nSPS) is 16.4. The second kappa shape index (κ2) is 11.4. The number of hydrogen-bond acceptors (Lipinski definition) is 6. The number of rotatable bonds is 6. The van der Waals surface area contributed by atoms with E-state index in [-0.39, 0.29) is 24.1 Å². The van der Waals surface area contributed by atoms with Gasteiger partial charge >= 0.3 is 6.09 Å². The molecule has 1 saturated heterocycles. The first-order valence-electron chi connectivity index (χ1n) is 13.9. The van der Waals surface area contributed by atoms with Crippen molar-refractivity contribution in [3.05, 3.63) is 77.1 Å². The number of nitrogens with one attached hydrogen (secondary N) is 1. The summed E-state index contributed by atoms with van der Waals surface area (Å²) in [4.78, 5) is 16.7. The third kappa shape index (κ3) is 6.17. The van der Waals surface area contributed by atoms with Crippen LogP contribution in [0.3, 0.4) is 0 Å². The van der Waals surface area contributed by atoms with Gasteiger partial charge in [-0.1, -0.05) is 18.2 Å². The van der Waals surface area contributed by atoms with Crippen molar-refractivity contribution >= 4 is 17.4 Å². The summed E-state index contributed by atoms with van der Waals surface area (Å²) in [6.45, 7) is 11.4. The van der Waals surface area contributed by atoms with Crippen LogP contribution in [0.2, 0.25) is 0 Å². The molecule has 0 aromatic heterocycles. The van der Waals surface area contributed by atoms with E-state index in [0.717, 1.165) is 52.2 Å². The van der Waals surface area contributed by atoms with Gasteiger partial charge in [0, 0.05) is 60.7 Å². The molecular weight excluding hydrogens is 521 g/mol. The Kier molecular flexibility index (Phi) is 7.95. The summed E-state index contributed by atoms with van der Waals surface area (Å²) in [5, 5.41) is 3.61. The lowest BCUT2D eigenvalue weighted by Crippen LogP contribution is -2.48. The van der Waals surface area contributed by atoms with Crippen LogP contribution in [0.15, 0.2) is 54.6 Å². The van der Waals surface area contributed by atoms with E-state index in [4.69, 9.17) is 14.2 Å². The van der Waals surface area contributed by atoms with Crippen molar-refractivity contribution in [2.24, 2.45) is 0 Å². The fraction of sp³-hybridized carbons (Fsp3) is 0.364. The van der Waals surface area contributed by atoms with Gasteiger partial charge in [-0.05, 0) is 75.7 Å². The van der Waals surface area contributed by atoms with Crippen LogP contribution in [0.5, 0.6) is 17.2 Å². The lowest BCUT2D eigenvalue weighted by Gasteiger charge is -2.33. The number of ether oxygens (including phenoxy) is 3. The SMILES string of the molecule is COc1cc(OC(=O)N2CCN(C)CC2)ccc1-c1ccc2c(c1COc1cc(F)ccc1C)C(C)=CC(C)(C)N2. The Morgan fingerprint density at radius 1 is 0.976 bits per heavy atom. The van der Waals surface area contributed by atoms with E-state index >= 15 is 0 Å². The summed E-state index contributed by atoms with van der Waals surface area (Å²) >= 11 is 0. The van der Waals surface area contributed by atoms with Crippen molar-refractivity contribution in [2.75, 3.05) is 45.7 Å². The van der Waals surface area contributed by atoms with E-state index in [1.807, 2.05) is 26.1 Å². The van der Waals surface area contributed by atoms with Crippen LogP contribution in [0.25, 0.3) is 16.7 Å². The summed E-state index contributed by atoms with van der Waals surface area (Å²) in [6.07, 6.45) is 1.84. The number of carbonyl (C=O) groups is 1. The van der Waals surface area contributed by atoms with Gasteiger partial charge in [0.05, 0.1) is 12.6 Å². The number of allylic oxidation sites excluding steroid dienone is 1. The number of amides is 1. The van der Waals surface area contributed by atoms with Crippen molar-refractivity contribution in [1.82, 2.24) is 9.80 Å².